The van der Waals surface area contributed by atoms with Gasteiger partial charge in [0, 0.05) is 18.3 Å². The molecular weight excluding hydrogens is 220 g/mol. The van der Waals surface area contributed by atoms with Gasteiger partial charge in [0.15, 0.2) is 0 Å². The fourth-order valence-corrected chi connectivity index (χ4v) is 1.76. The number of hydrogen-bond donors (Lipinski definition) is 2. The summed E-state index contributed by atoms with van der Waals surface area (Å²) in [5.41, 5.74) is 6.55. The molecule has 0 saturated carbocycles. The molecule has 90 valence electrons. The molecule has 0 bridgehead atoms. The molecule has 6 heteroatoms. The number of aromatic nitrogens is 1. The summed E-state index contributed by atoms with van der Waals surface area (Å²) in [6, 6.07) is 3.28. The van der Waals surface area contributed by atoms with Crippen LogP contribution in [0.25, 0.3) is 0 Å². The van der Waals surface area contributed by atoms with Crippen LogP contribution < -0.4 is 11.1 Å². The van der Waals surface area contributed by atoms with Crippen molar-refractivity contribution in [2.45, 2.75) is 19.5 Å². The number of nitrogens with zero attached hydrogens (tertiary/aromatic N) is 2. The van der Waals surface area contributed by atoms with E-state index >= 15 is 0 Å². The van der Waals surface area contributed by atoms with Gasteiger partial charge < -0.3 is 5.73 Å². The predicted molar refractivity (Wildman–Crippen MR) is 61.7 cm³/mol. The summed E-state index contributed by atoms with van der Waals surface area (Å²) in [6.45, 7) is 2.40. The molecule has 0 radical (unpaired) electrons. The topological polar surface area (TPSA) is 88.3 Å². The summed E-state index contributed by atoms with van der Waals surface area (Å²) in [4.78, 5) is 28.5. The number of piperazine rings is 1. The van der Waals surface area contributed by atoms with Gasteiger partial charge in [-0.25, -0.2) is 4.98 Å². The molecule has 3 N–H and O–H groups in total. The van der Waals surface area contributed by atoms with Crippen LogP contribution in [0.4, 0.5) is 5.82 Å². The highest BCUT2D eigenvalue weighted by atomic mass is 16.2. The van der Waals surface area contributed by atoms with Crippen LogP contribution in [0.2, 0.25) is 0 Å². The predicted octanol–water partition coefficient (Wildman–Crippen LogP) is -0.489. The van der Waals surface area contributed by atoms with E-state index in [2.05, 4.69) is 10.3 Å². The first kappa shape index (κ1) is 11.5. The molecule has 1 saturated heterocycles. The van der Waals surface area contributed by atoms with Crippen LogP contribution in [0.15, 0.2) is 18.3 Å². The molecule has 1 unspecified atom stereocenters. The lowest BCUT2D eigenvalue weighted by atomic mass is 10.1. The standard InChI is InChI=1S/C11H14N4O2/c1-7-11(17)14-9(16)6-15(7)5-8-3-2-4-13-10(8)12/h2-4,7H,5-6H2,1H3,(H2,12,13)(H,14,16,17). The number of rotatable bonds is 2. The van der Waals surface area contributed by atoms with Gasteiger partial charge in [0.1, 0.15) is 5.82 Å². The molecule has 6 nitrogen and oxygen atoms in total. The van der Waals surface area contributed by atoms with E-state index in [0.717, 1.165) is 5.56 Å². The minimum atomic E-state index is -0.340. The zero-order valence-corrected chi connectivity index (χ0v) is 9.51. The maximum absolute atomic E-state index is 11.5. The Labute approximate surface area is 98.8 Å². The number of pyridine rings is 1. The van der Waals surface area contributed by atoms with Crippen LogP contribution >= 0.6 is 0 Å². The van der Waals surface area contributed by atoms with Gasteiger partial charge >= 0.3 is 0 Å². The second kappa shape index (κ2) is 4.50. The Kier molecular flexibility index (Phi) is 3.06. The first-order valence-corrected chi connectivity index (χ1v) is 5.35. The quantitative estimate of drug-likeness (QED) is 0.674. The maximum atomic E-state index is 11.5. The van der Waals surface area contributed by atoms with Gasteiger partial charge in [0.25, 0.3) is 0 Å². The zero-order chi connectivity index (χ0) is 12.4. The Balaban J connectivity index is 2.15. The van der Waals surface area contributed by atoms with Gasteiger partial charge in [-0.05, 0) is 13.0 Å². The van der Waals surface area contributed by atoms with E-state index < -0.39 is 0 Å². The van der Waals surface area contributed by atoms with E-state index in [1.54, 1.807) is 24.1 Å². The summed E-state index contributed by atoms with van der Waals surface area (Å²) in [5.74, 6) is -0.127. The fourth-order valence-electron chi connectivity index (χ4n) is 1.76. The summed E-state index contributed by atoms with van der Waals surface area (Å²) in [5, 5.41) is 2.29. The monoisotopic (exact) mass is 234 g/mol. The van der Waals surface area contributed by atoms with E-state index in [1.807, 2.05) is 6.07 Å². The van der Waals surface area contributed by atoms with Gasteiger partial charge in [0.05, 0.1) is 12.6 Å². The Bertz CT molecular complexity index is 461. The fraction of sp³-hybridized carbons (Fsp3) is 0.364. The Hall–Kier alpha value is -1.95. The van der Waals surface area contributed by atoms with Crippen molar-refractivity contribution in [1.82, 2.24) is 15.2 Å². The highest BCUT2D eigenvalue weighted by molar-refractivity contribution is 6.00. The van der Waals surface area contributed by atoms with E-state index in [0.29, 0.717) is 12.4 Å². The first-order valence-electron chi connectivity index (χ1n) is 5.35. The van der Waals surface area contributed by atoms with Crippen molar-refractivity contribution < 1.29 is 9.59 Å². The van der Waals surface area contributed by atoms with Crippen LogP contribution in [0.1, 0.15) is 12.5 Å². The lowest BCUT2D eigenvalue weighted by molar-refractivity contribution is -0.139. The number of carbonyl (C=O) groups is 2. The number of carbonyl (C=O) groups excluding carboxylic acids is 2. The molecule has 1 atom stereocenters. The zero-order valence-electron chi connectivity index (χ0n) is 9.51. The van der Waals surface area contributed by atoms with Crippen LogP contribution in [0.5, 0.6) is 0 Å². The second-order valence-electron chi connectivity index (χ2n) is 4.04. The van der Waals surface area contributed by atoms with Gasteiger partial charge in [-0.1, -0.05) is 6.07 Å². The highest BCUT2D eigenvalue weighted by Gasteiger charge is 2.30. The number of nitrogen functional groups attached to an aromatic ring is 1. The number of hydrogen-bond acceptors (Lipinski definition) is 5. The van der Waals surface area contributed by atoms with Crippen molar-refractivity contribution >= 4 is 17.6 Å². The van der Waals surface area contributed by atoms with Crippen molar-refractivity contribution in [3.8, 4) is 0 Å². The van der Waals surface area contributed by atoms with Crippen molar-refractivity contribution in [3.05, 3.63) is 23.9 Å². The molecule has 0 aliphatic carbocycles. The summed E-state index contributed by atoms with van der Waals surface area (Å²) in [6.07, 6.45) is 1.61. The molecule has 0 spiro atoms. The molecule has 0 aromatic carbocycles. The lowest BCUT2D eigenvalue weighted by Crippen LogP contribution is -2.56. The van der Waals surface area contributed by atoms with Crippen LogP contribution in [-0.4, -0.2) is 34.3 Å². The normalized spacial score (nSPS) is 21.4. The third-order valence-corrected chi connectivity index (χ3v) is 2.84. The Morgan fingerprint density at radius 2 is 2.35 bits per heavy atom. The second-order valence-corrected chi connectivity index (χ2v) is 4.04. The molecule has 1 aromatic rings. The minimum absolute atomic E-state index is 0.196. The Morgan fingerprint density at radius 1 is 1.59 bits per heavy atom. The molecule has 2 rings (SSSR count). The summed E-state index contributed by atoms with van der Waals surface area (Å²) < 4.78 is 0. The largest absolute Gasteiger partial charge is 0.383 e. The number of nitrogens with two attached hydrogens (primary N) is 1. The average Bonchev–Trinajstić information content (AvgIpc) is 2.28. The number of imide groups is 1. The summed E-state index contributed by atoms with van der Waals surface area (Å²) in [7, 11) is 0. The van der Waals surface area contributed by atoms with Crippen LogP contribution in [0.3, 0.4) is 0 Å². The molecule has 17 heavy (non-hydrogen) atoms. The van der Waals surface area contributed by atoms with E-state index in [9.17, 15) is 9.59 Å². The number of amides is 2. The molecule has 2 amide bonds. The summed E-state index contributed by atoms with van der Waals surface area (Å²) >= 11 is 0. The SMILES string of the molecule is CC1C(=O)NC(=O)CN1Cc1cccnc1N. The minimum Gasteiger partial charge on any atom is -0.383 e. The van der Waals surface area contributed by atoms with Crippen molar-refractivity contribution in [3.63, 3.8) is 0 Å². The number of nitrogens with one attached hydrogen (secondary N) is 1. The molecule has 1 aromatic heterocycles. The van der Waals surface area contributed by atoms with E-state index in [4.69, 9.17) is 5.73 Å². The van der Waals surface area contributed by atoms with Gasteiger partial charge in [0.2, 0.25) is 11.8 Å². The van der Waals surface area contributed by atoms with E-state index in [1.165, 1.54) is 0 Å². The van der Waals surface area contributed by atoms with Crippen molar-refractivity contribution in [2.75, 3.05) is 12.3 Å². The van der Waals surface area contributed by atoms with Crippen molar-refractivity contribution in [1.29, 1.82) is 0 Å². The van der Waals surface area contributed by atoms with Gasteiger partial charge in [-0.2, -0.15) is 0 Å². The highest BCUT2D eigenvalue weighted by Crippen LogP contribution is 2.14. The third-order valence-electron chi connectivity index (χ3n) is 2.84. The van der Waals surface area contributed by atoms with Crippen LogP contribution in [-0.2, 0) is 16.1 Å². The third kappa shape index (κ3) is 2.42. The number of anilines is 1. The van der Waals surface area contributed by atoms with Gasteiger partial charge in [-0.15, -0.1) is 0 Å². The van der Waals surface area contributed by atoms with Gasteiger partial charge in [-0.3, -0.25) is 19.8 Å². The lowest BCUT2D eigenvalue weighted by Gasteiger charge is -2.31. The molecule has 1 fully saturated rings. The smallest absolute Gasteiger partial charge is 0.243 e. The van der Waals surface area contributed by atoms with Crippen molar-refractivity contribution in [2.24, 2.45) is 0 Å². The molecule has 2 heterocycles. The molecule has 1 aliphatic heterocycles. The van der Waals surface area contributed by atoms with E-state index in [-0.39, 0.29) is 24.4 Å². The molecular formula is C11H14N4O2. The van der Waals surface area contributed by atoms with Crippen LogP contribution in [0, 0.1) is 0 Å². The maximum Gasteiger partial charge on any atom is 0.243 e. The first-order chi connectivity index (χ1) is 8.08. The molecule has 1 aliphatic rings. The Morgan fingerprint density at radius 3 is 3.06 bits per heavy atom. The average molecular weight is 234 g/mol.